The average molecular weight is 405 g/mol. The number of hydrogen-bond acceptors (Lipinski definition) is 5. The maximum Gasteiger partial charge on any atom is 0.258 e. The molecule has 1 aromatic heterocycles. The Morgan fingerprint density at radius 2 is 2.14 bits per heavy atom. The molecular formula is C19H25ClN6O2. The Morgan fingerprint density at radius 3 is 2.75 bits per heavy atom. The van der Waals surface area contributed by atoms with Gasteiger partial charge in [0.15, 0.2) is 5.66 Å². The molecule has 150 valence electrons. The number of aryl methyl sites for hydroxylation is 2. The van der Waals surface area contributed by atoms with E-state index in [0.29, 0.717) is 48.9 Å². The summed E-state index contributed by atoms with van der Waals surface area (Å²) in [4.78, 5) is 27.2. The van der Waals surface area contributed by atoms with Crippen molar-refractivity contribution in [1.82, 2.24) is 20.0 Å². The first kappa shape index (κ1) is 20.3. The van der Waals surface area contributed by atoms with Crippen LogP contribution in [0.15, 0.2) is 10.2 Å². The standard InChI is InChI=1S/C19H25ClN6O2/c1-4-5-8-19(23-24-19)9-10-21-17(27)14-7-6-11-26(12-14)18(28)15-13(2)22-25(3)16(15)20/h1,14H,5-12H2,2-3H3,(H,21,27). The van der Waals surface area contributed by atoms with Crippen LogP contribution in [0.5, 0.6) is 0 Å². The van der Waals surface area contributed by atoms with Crippen molar-refractivity contribution >= 4 is 23.4 Å². The maximum absolute atomic E-state index is 12.9. The van der Waals surface area contributed by atoms with E-state index in [2.05, 4.69) is 26.6 Å². The van der Waals surface area contributed by atoms with Crippen molar-refractivity contribution in [3.63, 3.8) is 0 Å². The molecule has 0 aliphatic carbocycles. The van der Waals surface area contributed by atoms with E-state index in [1.54, 1.807) is 18.9 Å². The Morgan fingerprint density at radius 1 is 1.39 bits per heavy atom. The smallest absolute Gasteiger partial charge is 0.258 e. The molecule has 1 saturated heterocycles. The van der Waals surface area contributed by atoms with Crippen molar-refractivity contribution in [3.8, 4) is 12.3 Å². The minimum absolute atomic E-state index is 0.0424. The molecular weight excluding hydrogens is 380 g/mol. The second-order valence-corrected chi connectivity index (χ2v) is 7.75. The molecule has 1 atom stereocenters. The first-order chi connectivity index (χ1) is 13.4. The van der Waals surface area contributed by atoms with Gasteiger partial charge in [0.2, 0.25) is 5.91 Å². The van der Waals surface area contributed by atoms with E-state index < -0.39 is 5.66 Å². The highest BCUT2D eigenvalue weighted by Crippen LogP contribution is 2.36. The molecule has 2 aliphatic rings. The number of carbonyl (C=O) groups excluding carboxylic acids is 2. The summed E-state index contributed by atoms with van der Waals surface area (Å²) in [7, 11) is 1.70. The van der Waals surface area contributed by atoms with Crippen LogP contribution in [0.2, 0.25) is 5.15 Å². The third-order valence-corrected chi connectivity index (χ3v) is 5.76. The van der Waals surface area contributed by atoms with E-state index in [9.17, 15) is 9.59 Å². The van der Waals surface area contributed by atoms with Crippen LogP contribution in [0.25, 0.3) is 0 Å². The average Bonchev–Trinajstić information content (AvgIpc) is 3.40. The summed E-state index contributed by atoms with van der Waals surface area (Å²) in [5, 5.41) is 15.6. The highest BCUT2D eigenvalue weighted by Gasteiger charge is 2.39. The van der Waals surface area contributed by atoms with Crippen LogP contribution in [0.3, 0.4) is 0 Å². The van der Waals surface area contributed by atoms with Gasteiger partial charge in [0.1, 0.15) is 5.15 Å². The van der Waals surface area contributed by atoms with Crippen LogP contribution in [-0.4, -0.2) is 51.8 Å². The molecule has 0 saturated carbocycles. The number of hydrogen-bond donors (Lipinski definition) is 1. The van der Waals surface area contributed by atoms with Gasteiger partial charge in [-0.05, 0) is 19.8 Å². The van der Waals surface area contributed by atoms with Gasteiger partial charge in [-0.3, -0.25) is 14.3 Å². The lowest BCUT2D eigenvalue weighted by molar-refractivity contribution is -0.126. The number of terminal acetylenes is 1. The third kappa shape index (κ3) is 4.36. The molecule has 28 heavy (non-hydrogen) atoms. The van der Waals surface area contributed by atoms with Crippen LogP contribution >= 0.6 is 11.6 Å². The zero-order chi connectivity index (χ0) is 20.3. The Kier molecular flexibility index (Phi) is 6.04. The lowest BCUT2D eigenvalue weighted by atomic mass is 9.96. The summed E-state index contributed by atoms with van der Waals surface area (Å²) in [5.74, 6) is 2.15. The number of nitrogens with zero attached hydrogens (tertiary/aromatic N) is 5. The summed E-state index contributed by atoms with van der Waals surface area (Å²) in [5.41, 5.74) is 0.610. The Hall–Kier alpha value is -2.40. The number of amides is 2. The van der Waals surface area contributed by atoms with E-state index in [1.165, 1.54) is 4.68 Å². The number of piperidine rings is 1. The third-order valence-electron chi connectivity index (χ3n) is 5.32. The van der Waals surface area contributed by atoms with E-state index in [0.717, 1.165) is 19.3 Å². The maximum atomic E-state index is 12.9. The van der Waals surface area contributed by atoms with Gasteiger partial charge in [0, 0.05) is 45.9 Å². The topological polar surface area (TPSA) is 92.0 Å². The molecule has 0 bridgehead atoms. The van der Waals surface area contributed by atoms with Crippen LogP contribution in [0.1, 0.15) is 48.2 Å². The van der Waals surface area contributed by atoms with Crippen molar-refractivity contribution < 1.29 is 9.59 Å². The fourth-order valence-electron chi connectivity index (χ4n) is 3.60. The van der Waals surface area contributed by atoms with Crippen molar-refractivity contribution in [2.45, 2.75) is 44.7 Å². The van der Waals surface area contributed by atoms with Crippen LogP contribution in [0, 0.1) is 25.2 Å². The van der Waals surface area contributed by atoms with Crippen molar-refractivity contribution in [1.29, 1.82) is 0 Å². The number of aromatic nitrogens is 2. The quantitative estimate of drug-likeness (QED) is 0.707. The number of nitrogens with one attached hydrogen (secondary N) is 1. The molecule has 1 aromatic rings. The first-order valence-electron chi connectivity index (χ1n) is 9.50. The summed E-state index contributed by atoms with van der Waals surface area (Å²) in [6, 6.07) is 0. The van der Waals surface area contributed by atoms with Gasteiger partial charge in [-0.15, -0.1) is 12.3 Å². The second-order valence-electron chi connectivity index (χ2n) is 7.39. The lowest BCUT2D eigenvalue weighted by Crippen LogP contribution is -2.46. The van der Waals surface area contributed by atoms with E-state index in [1.807, 2.05) is 0 Å². The van der Waals surface area contributed by atoms with E-state index >= 15 is 0 Å². The molecule has 0 radical (unpaired) electrons. The number of carbonyl (C=O) groups is 2. The number of halogens is 1. The molecule has 8 nitrogen and oxygen atoms in total. The minimum Gasteiger partial charge on any atom is -0.356 e. The molecule has 0 aromatic carbocycles. The van der Waals surface area contributed by atoms with Crippen molar-refractivity contribution in [2.24, 2.45) is 23.2 Å². The van der Waals surface area contributed by atoms with Gasteiger partial charge >= 0.3 is 0 Å². The molecule has 2 aliphatic heterocycles. The highest BCUT2D eigenvalue weighted by molar-refractivity contribution is 6.33. The Labute approximate surface area is 169 Å². The summed E-state index contributed by atoms with van der Waals surface area (Å²) in [6.07, 6.45) is 8.81. The summed E-state index contributed by atoms with van der Waals surface area (Å²) in [6.45, 7) is 3.25. The molecule has 1 N–H and O–H groups in total. The minimum atomic E-state index is -0.400. The number of likely N-dealkylation sites (tertiary alicyclic amines) is 1. The molecule has 9 heteroatoms. The van der Waals surface area contributed by atoms with Crippen LogP contribution in [-0.2, 0) is 11.8 Å². The van der Waals surface area contributed by atoms with Gasteiger partial charge in [-0.1, -0.05) is 11.6 Å². The SMILES string of the molecule is C#CCCC1(CCNC(=O)C2CCCN(C(=O)c3c(C)nn(C)c3Cl)C2)N=N1. The van der Waals surface area contributed by atoms with Crippen molar-refractivity contribution in [2.75, 3.05) is 19.6 Å². The molecule has 3 rings (SSSR count). The van der Waals surface area contributed by atoms with Gasteiger partial charge in [0.05, 0.1) is 17.2 Å². The van der Waals surface area contributed by atoms with Gasteiger partial charge in [-0.25, -0.2) is 0 Å². The highest BCUT2D eigenvalue weighted by atomic mass is 35.5. The van der Waals surface area contributed by atoms with Crippen molar-refractivity contribution in [3.05, 3.63) is 16.4 Å². The predicted molar refractivity (Wildman–Crippen MR) is 105 cm³/mol. The monoisotopic (exact) mass is 404 g/mol. The lowest BCUT2D eigenvalue weighted by Gasteiger charge is -2.32. The van der Waals surface area contributed by atoms with Crippen LogP contribution in [0.4, 0.5) is 0 Å². The van der Waals surface area contributed by atoms with E-state index in [4.69, 9.17) is 18.0 Å². The second kappa shape index (κ2) is 8.31. The van der Waals surface area contributed by atoms with Gasteiger partial charge in [-0.2, -0.15) is 15.3 Å². The molecule has 0 spiro atoms. The number of rotatable bonds is 7. The molecule has 1 unspecified atom stereocenters. The zero-order valence-electron chi connectivity index (χ0n) is 16.2. The molecule has 1 fully saturated rings. The largest absolute Gasteiger partial charge is 0.356 e. The fourth-order valence-corrected chi connectivity index (χ4v) is 3.86. The predicted octanol–water partition coefficient (Wildman–Crippen LogP) is 2.32. The van der Waals surface area contributed by atoms with Gasteiger partial charge in [0.25, 0.3) is 5.91 Å². The summed E-state index contributed by atoms with van der Waals surface area (Å²) < 4.78 is 1.49. The van der Waals surface area contributed by atoms with Gasteiger partial charge < -0.3 is 10.2 Å². The zero-order valence-corrected chi connectivity index (χ0v) is 17.0. The Bertz CT molecular complexity index is 834. The molecule has 2 amide bonds. The normalized spacial score (nSPS) is 19.9. The molecule has 3 heterocycles. The first-order valence-corrected chi connectivity index (χ1v) is 9.88. The fraction of sp³-hybridized carbons (Fsp3) is 0.632. The van der Waals surface area contributed by atoms with E-state index in [-0.39, 0.29) is 17.7 Å². The Balaban J connectivity index is 1.52. The van der Waals surface area contributed by atoms with Crippen LogP contribution < -0.4 is 5.32 Å². The summed E-state index contributed by atoms with van der Waals surface area (Å²) >= 11 is 6.22.